The van der Waals surface area contributed by atoms with Gasteiger partial charge in [-0.05, 0) is 0 Å². The number of halogens is 8. The van der Waals surface area contributed by atoms with Crippen molar-refractivity contribution in [3.63, 3.8) is 0 Å². The molecule has 140 valence electrons. The first-order valence-electron chi connectivity index (χ1n) is 6.41. The van der Waals surface area contributed by atoms with Crippen LogP contribution >= 0.6 is 0 Å². The predicted octanol–water partition coefficient (Wildman–Crippen LogP) is 3.97. The molecule has 0 aliphatic rings. The van der Waals surface area contributed by atoms with Crippen LogP contribution in [0.5, 0.6) is 0 Å². The van der Waals surface area contributed by atoms with Gasteiger partial charge in [-0.3, -0.25) is 0 Å². The fraction of sp³-hybridized carbons (Fsp3) is 0. The van der Waals surface area contributed by atoms with Gasteiger partial charge >= 0.3 is 0 Å². The lowest BCUT2D eigenvalue weighted by molar-refractivity contribution is 0.429. The SMILES string of the molecule is N#Cc1c(F)c(F)c(C#N)c(F)c1F.N#Cc1c(F)c(F)c(F)c(C#N)c1F. The first-order chi connectivity index (χ1) is 13.1. The molecule has 0 N–H and O–H groups in total. The van der Waals surface area contributed by atoms with E-state index in [9.17, 15) is 35.1 Å². The third kappa shape index (κ3) is 3.53. The van der Waals surface area contributed by atoms with Crippen molar-refractivity contribution in [1.82, 2.24) is 0 Å². The van der Waals surface area contributed by atoms with Crippen molar-refractivity contribution in [3.05, 3.63) is 68.8 Å². The van der Waals surface area contributed by atoms with Gasteiger partial charge in [-0.2, -0.15) is 21.0 Å². The standard InChI is InChI=1S/2C8F4N2/c9-5-3(1-13)6(10)8(12)4(2-14)7(5)11;9-5-3(1-13)6(10)8(12)7(11)4(5)2-14. The second-order valence-corrected chi connectivity index (χ2v) is 4.46. The number of nitriles is 4. The molecule has 0 aromatic heterocycles. The van der Waals surface area contributed by atoms with Crippen molar-refractivity contribution in [2.24, 2.45) is 0 Å². The molecule has 0 fully saturated rings. The van der Waals surface area contributed by atoms with Gasteiger partial charge in [0.2, 0.25) is 0 Å². The van der Waals surface area contributed by atoms with E-state index in [0.29, 0.717) is 0 Å². The summed E-state index contributed by atoms with van der Waals surface area (Å²) in [6.07, 6.45) is 0. The molecule has 0 aliphatic carbocycles. The lowest BCUT2D eigenvalue weighted by Gasteiger charge is -2.01. The van der Waals surface area contributed by atoms with E-state index in [-0.39, 0.29) is 0 Å². The maximum Gasteiger partial charge on any atom is 0.197 e. The monoisotopic (exact) mass is 400 g/mol. The Morgan fingerprint density at radius 2 is 0.500 bits per heavy atom. The van der Waals surface area contributed by atoms with Crippen molar-refractivity contribution in [1.29, 1.82) is 21.0 Å². The third-order valence-electron chi connectivity index (χ3n) is 2.97. The van der Waals surface area contributed by atoms with Crippen molar-refractivity contribution >= 4 is 0 Å². The molecule has 0 heterocycles. The second-order valence-electron chi connectivity index (χ2n) is 4.46. The molecular weight excluding hydrogens is 400 g/mol. The minimum atomic E-state index is -2.03. The highest BCUT2D eigenvalue weighted by Gasteiger charge is 2.26. The van der Waals surface area contributed by atoms with E-state index in [0.717, 1.165) is 24.3 Å². The van der Waals surface area contributed by atoms with Crippen molar-refractivity contribution < 1.29 is 35.1 Å². The Balaban J connectivity index is 0.000000280. The van der Waals surface area contributed by atoms with Gasteiger partial charge in [-0.1, -0.05) is 0 Å². The zero-order valence-electron chi connectivity index (χ0n) is 12.8. The summed E-state index contributed by atoms with van der Waals surface area (Å²) in [5.74, 6) is -15.0. The molecule has 0 saturated carbocycles. The Bertz CT molecular complexity index is 1030. The smallest absolute Gasteiger partial charge is 0.197 e. The molecule has 2 rings (SSSR count). The van der Waals surface area contributed by atoms with Crippen molar-refractivity contribution in [2.75, 3.05) is 0 Å². The van der Waals surface area contributed by atoms with E-state index in [1.807, 2.05) is 0 Å². The predicted molar refractivity (Wildman–Crippen MR) is 71.4 cm³/mol. The maximum atomic E-state index is 12.9. The Morgan fingerprint density at radius 3 is 0.714 bits per heavy atom. The molecule has 0 saturated heterocycles. The van der Waals surface area contributed by atoms with Gasteiger partial charge in [0.15, 0.2) is 46.5 Å². The average Bonchev–Trinajstić information content (AvgIpc) is 2.67. The van der Waals surface area contributed by atoms with Gasteiger partial charge in [0, 0.05) is 0 Å². The number of benzene rings is 2. The number of hydrogen-bond acceptors (Lipinski definition) is 4. The van der Waals surface area contributed by atoms with Crippen LogP contribution in [-0.2, 0) is 0 Å². The summed E-state index contributed by atoms with van der Waals surface area (Å²) in [5.41, 5.74) is -5.36. The summed E-state index contributed by atoms with van der Waals surface area (Å²) >= 11 is 0. The minimum Gasteiger partial charge on any atom is -0.204 e. The molecule has 0 radical (unpaired) electrons. The Hall–Kier alpha value is -4.16. The average molecular weight is 400 g/mol. The van der Waals surface area contributed by atoms with Crippen LogP contribution in [0, 0.1) is 91.9 Å². The summed E-state index contributed by atoms with van der Waals surface area (Å²) in [6.45, 7) is 0. The van der Waals surface area contributed by atoms with Crippen LogP contribution in [0.15, 0.2) is 0 Å². The van der Waals surface area contributed by atoms with Gasteiger partial charge in [0.05, 0.1) is 0 Å². The van der Waals surface area contributed by atoms with E-state index < -0.39 is 68.8 Å². The molecule has 0 bridgehead atoms. The molecule has 2 aromatic rings. The van der Waals surface area contributed by atoms with Gasteiger partial charge in [0.1, 0.15) is 46.5 Å². The second kappa shape index (κ2) is 8.48. The van der Waals surface area contributed by atoms with Gasteiger partial charge in [-0.15, -0.1) is 0 Å². The fourth-order valence-corrected chi connectivity index (χ4v) is 1.66. The number of rotatable bonds is 0. The molecule has 2 aromatic carbocycles. The van der Waals surface area contributed by atoms with Crippen LogP contribution in [0.1, 0.15) is 22.3 Å². The van der Waals surface area contributed by atoms with Gasteiger partial charge < -0.3 is 0 Å². The largest absolute Gasteiger partial charge is 0.204 e. The Labute approximate surface area is 150 Å². The summed E-state index contributed by atoms with van der Waals surface area (Å²) in [6, 6.07) is 3.91. The summed E-state index contributed by atoms with van der Waals surface area (Å²) in [7, 11) is 0. The Morgan fingerprint density at radius 1 is 0.321 bits per heavy atom. The first-order valence-corrected chi connectivity index (χ1v) is 6.41. The molecule has 4 nitrogen and oxygen atoms in total. The molecule has 28 heavy (non-hydrogen) atoms. The maximum absolute atomic E-state index is 12.9. The normalized spacial score (nSPS) is 9.29. The van der Waals surface area contributed by atoms with E-state index >= 15 is 0 Å². The molecule has 0 amide bonds. The fourth-order valence-electron chi connectivity index (χ4n) is 1.66. The van der Waals surface area contributed by atoms with E-state index in [4.69, 9.17) is 21.0 Å². The van der Waals surface area contributed by atoms with E-state index in [1.165, 1.54) is 0 Å². The summed E-state index contributed by atoms with van der Waals surface area (Å²) in [5, 5.41) is 32.7. The zero-order chi connectivity index (χ0) is 21.8. The highest BCUT2D eigenvalue weighted by molar-refractivity contribution is 5.44. The van der Waals surface area contributed by atoms with Crippen molar-refractivity contribution in [2.45, 2.75) is 0 Å². The highest BCUT2D eigenvalue weighted by atomic mass is 19.2. The molecule has 0 atom stereocenters. The molecule has 0 unspecified atom stereocenters. The lowest BCUT2D eigenvalue weighted by Crippen LogP contribution is -2.04. The van der Waals surface area contributed by atoms with Crippen molar-refractivity contribution in [3.8, 4) is 24.3 Å². The molecular formula is C16F8N4. The van der Waals surface area contributed by atoms with Crippen LogP contribution in [-0.4, -0.2) is 0 Å². The summed E-state index contributed by atoms with van der Waals surface area (Å²) in [4.78, 5) is 0. The van der Waals surface area contributed by atoms with E-state index in [1.54, 1.807) is 0 Å². The van der Waals surface area contributed by atoms with Gasteiger partial charge in [-0.25, -0.2) is 35.1 Å². The van der Waals surface area contributed by atoms with E-state index in [2.05, 4.69) is 0 Å². The molecule has 12 heteroatoms. The summed E-state index contributed by atoms with van der Waals surface area (Å²) < 4.78 is 102. The lowest BCUT2D eigenvalue weighted by atomic mass is 10.1. The molecule has 0 aliphatic heterocycles. The van der Waals surface area contributed by atoms with Crippen LogP contribution in [0.3, 0.4) is 0 Å². The number of nitrogens with zero attached hydrogens (tertiary/aromatic N) is 4. The zero-order valence-corrected chi connectivity index (χ0v) is 12.8. The van der Waals surface area contributed by atoms with Crippen LogP contribution in [0.2, 0.25) is 0 Å². The van der Waals surface area contributed by atoms with Crippen LogP contribution in [0.25, 0.3) is 0 Å². The van der Waals surface area contributed by atoms with Gasteiger partial charge in [0.25, 0.3) is 0 Å². The van der Waals surface area contributed by atoms with Crippen LogP contribution < -0.4 is 0 Å². The minimum absolute atomic E-state index is 0.957. The number of hydrogen-bond donors (Lipinski definition) is 0. The first kappa shape index (κ1) is 21.9. The quantitative estimate of drug-likeness (QED) is 0.380. The van der Waals surface area contributed by atoms with Crippen LogP contribution in [0.4, 0.5) is 35.1 Å². The Kier molecular flexibility index (Phi) is 6.63. The topological polar surface area (TPSA) is 95.2 Å². The highest BCUT2D eigenvalue weighted by Crippen LogP contribution is 2.23. The molecule has 0 spiro atoms. The third-order valence-corrected chi connectivity index (χ3v) is 2.97.